The van der Waals surface area contributed by atoms with Crippen LogP contribution >= 0.6 is 0 Å². The molecular weight excluding hydrogens is 475 g/mol. The molecule has 1 saturated heterocycles. The van der Waals surface area contributed by atoms with Gasteiger partial charge in [0.25, 0.3) is 11.7 Å². The Kier molecular flexibility index (Phi) is 6.53. The molecule has 1 fully saturated rings. The van der Waals surface area contributed by atoms with Gasteiger partial charge >= 0.3 is 6.36 Å². The lowest BCUT2D eigenvalue weighted by molar-refractivity contribution is -0.274. The fourth-order valence-electron chi connectivity index (χ4n) is 3.96. The zero-order valence-corrected chi connectivity index (χ0v) is 19.6. The van der Waals surface area contributed by atoms with Crippen molar-refractivity contribution in [1.29, 1.82) is 0 Å². The van der Waals surface area contributed by atoms with Gasteiger partial charge in [0.2, 0.25) is 0 Å². The number of aliphatic hydroxyl groups excluding tert-OH is 1. The van der Waals surface area contributed by atoms with Crippen LogP contribution in [0.4, 0.5) is 18.9 Å². The number of Topliss-reactive ketones (excluding diaryl/α,β-unsaturated/α-hetero) is 1. The van der Waals surface area contributed by atoms with Crippen LogP contribution in [0.25, 0.3) is 5.76 Å². The van der Waals surface area contributed by atoms with Crippen molar-refractivity contribution in [2.45, 2.75) is 39.1 Å². The number of ether oxygens (including phenoxy) is 1. The summed E-state index contributed by atoms with van der Waals surface area (Å²) in [5, 5.41) is 11.2. The van der Waals surface area contributed by atoms with E-state index in [2.05, 4.69) is 14.7 Å². The number of amides is 1. The molecule has 1 N–H and O–H groups in total. The molecule has 4 rings (SSSR count). The second-order valence-corrected chi connectivity index (χ2v) is 8.55. The Labute approximate surface area is 204 Å². The Morgan fingerprint density at radius 2 is 1.58 bits per heavy atom. The first-order valence-corrected chi connectivity index (χ1v) is 11.0. The number of ketones is 1. The topological polar surface area (TPSA) is 92.6 Å². The van der Waals surface area contributed by atoms with Crippen molar-refractivity contribution in [1.82, 2.24) is 9.97 Å². The lowest BCUT2D eigenvalue weighted by atomic mass is 9.94. The summed E-state index contributed by atoms with van der Waals surface area (Å²) < 4.78 is 41.8. The standard InChI is InChI=1S/C26H22F3N3O4/c1-14(2)16-4-6-18(7-5-16)23(33)21-22(17-8-10-20(11-9-17)36-26(27,28)29)32(25(35)24(21)34)19-12-30-15(3)31-13-19/h4-14,22,33H,1-3H3. The number of benzene rings is 2. The third-order valence-electron chi connectivity index (χ3n) is 5.77. The highest BCUT2D eigenvalue weighted by molar-refractivity contribution is 6.51. The molecule has 7 nitrogen and oxygen atoms in total. The molecule has 36 heavy (non-hydrogen) atoms. The van der Waals surface area contributed by atoms with Crippen molar-refractivity contribution >= 4 is 23.1 Å². The predicted molar refractivity (Wildman–Crippen MR) is 125 cm³/mol. The van der Waals surface area contributed by atoms with Gasteiger partial charge in [-0.05, 0) is 36.1 Å². The number of aromatic nitrogens is 2. The number of halogens is 3. The molecule has 2 heterocycles. The van der Waals surface area contributed by atoms with E-state index in [1.807, 2.05) is 26.0 Å². The lowest BCUT2D eigenvalue weighted by Crippen LogP contribution is -2.29. The molecule has 1 unspecified atom stereocenters. The van der Waals surface area contributed by atoms with E-state index in [4.69, 9.17) is 0 Å². The van der Waals surface area contributed by atoms with Gasteiger partial charge in [-0.2, -0.15) is 0 Å². The van der Waals surface area contributed by atoms with Crippen LogP contribution in [0.1, 0.15) is 48.3 Å². The van der Waals surface area contributed by atoms with Crippen LogP contribution in [0.3, 0.4) is 0 Å². The molecule has 0 aliphatic carbocycles. The number of carbonyl (C=O) groups is 2. The normalized spacial score (nSPS) is 17.6. The van der Waals surface area contributed by atoms with Gasteiger partial charge in [-0.1, -0.05) is 50.2 Å². The summed E-state index contributed by atoms with van der Waals surface area (Å²) in [4.78, 5) is 35.6. The van der Waals surface area contributed by atoms with E-state index in [1.165, 1.54) is 24.5 Å². The smallest absolute Gasteiger partial charge is 0.507 e. The van der Waals surface area contributed by atoms with Crippen LogP contribution in [0.2, 0.25) is 0 Å². The Bertz CT molecular complexity index is 1320. The molecule has 186 valence electrons. The molecule has 1 amide bonds. The van der Waals surface area contributed by atoms with Crippen molar-refractivity contribution < 1.29 is 32.6 Å². The van der Waals surface area contributed by atoms with E-state index in [1.54, 1.807) is 19.1 Å². The van der Waals surface area contributed by atoms with Gasteiger partial charge in [-0.25, -0.2) is 9.97 Å². The summed E-state index contributed by atoms with van der Waals surface area (Å²) in [5.74, 6) is -2.06. The first kappa shape index (κ1) is 24.9. The molecule has 1 aliphatic heterocycles. The maximum atomic E-state index is 13.2. The summed E-state index contributed by atoms with van der Waals surface area (Å²) in [7, 11) is 0. The van der Waals surface area contributed by atoms with Crippen LogP contribution in [0, 0.1) is 6.92 Å². The molecule has 1 atom stereocenters. The van der Waals surface area contributed by atoms with Crippen molar-refractivity contribution in [3.05, 3.63) is 89.0 Å². The van der Waals surface area contributed by atoms with Gasteiger partial charge in [0.1, 0.15) is 17.3 Å². The molecule has 1 aromatic heterocycles. The highest BCUT2D eigenvalue weighted by Crippen LogP contribution is 2.42. The van der Waals surface area contributed by atoms with Gasteiger partial charge in [0, 0.05) is 5.56 Å². The van der Waals surface area contributed by atoms with Crippen LogP contribution < -0.4 is 9.64 Å². The van der Waals surface area contributed by atoms with Crippen LogP contribution in [0.15, 0.2) is 66.5 Å². The molecule has 2 aromatic carbocycles. The minimum Gasteiger partial charge on any atom is -0.507 e. The quantitative estimate of drug-likeness (QED) is 0.287. The summed E-state index contributed by atoms with van der Waals surface area (Å²) >= 11 is 0. The van der Waals surface area contributed by atoms with Crippen LogP contribution in [0.5, 0.6) is 5.75 Å². The van der Waals surface area contributed by atoms with E-state index < -0.39 is 35.6 Å². The summed E-state index contributed by atoms with van der Waals surface area (Å²) in [6.07, 6.45) is -2.16. The number of alkyl halides is 3. The second-order valence-electron chi connectivity index (χ2n) is 8.55. The number of carbonyl (C=O) groups excluding carboxylic acids is 2. The van der Waals surface area contributed by atoms with Crippen LogP contribution in [-0.2, 0) is 9.59 Å². The van der Waals surface area contributed by atoms with Gasteiger partial charge in [-0.3, -0.25) is 14.5 Å². The predicted octanol–water partition coefficient (Wildman–Crippen LogP) is 5.43. The van der Waals surface area contributed by atoms with Crippen molar-refractivity contribution in [3.8, 4) is 5.75 Å². The number of anilines is 1. The number of aliphatic hydroxyl groups is 1. The van der Waals surface area contributed by atoms with E-state index in [-0.39, 0.29) is 22.7 Å². The average Bonchev–Trinajstić information content (AvgIpc) is 3.09. The molecule has 0 spiro atoms. The molecular formula is C26H22F3N3O4. The monoisotopic (exact) mass is 497 g/mol. The molecule has 0 bridgehead atoms. The SMILES string of the molecule is Cc1ncc(N2C(=O)C(=O)C(=C(O)c3ccc(C(C)C)cc3)C2c2ccc(OC(F)(F)F)cc2)cn1. The maximum Gasteiger partial charge on any atom is 0.573 e. The maximum absolute atomic E-state index is 13.2. The number of nitrogens with zero attached hydrogens (tertiary/aromatic N) is 3. The van der Waals surface area contributed by atoms with E-state index in [0.29, 0.717) is 11.4 Å². The molecule has 0 radical (unpaired) electrons. The lowest BCUT2D eigenvalue weighted by Gasteiger charge is -2.25. The van der Waals surface area contributed by atoms with E-state index in [9.17, 15) is 27.9 Å². The highest BCUT2D eigenvalue weighted by Gasteiger charge is 2.47. The molecule has 1 aliphatic rings. The average molecular weight is 497 g/mol. The van der Waals surface area contributed by atoms with Gasteiger partial charge < -0.3 is 9.84 Å². The largest absolute Gasteiger partial charge is 0.573 e. The summed E-state index contributed by atoms with van der Waals surface area (Å²) in [6, 6.07) is 10.5. The fourth-order valence-corrected chi connectivity index (χ4v) is 3.96. The van der Waals surface area contributed by atoms with E-state index >= 15 is 0 Å². The minimum atomic E-state index is -4.88. The minimum absolute atomic E-state index is 0.192. The Balaban J connectivity index is 1.85. The van der Waals surface area contributed by atoms with Gasteiger partial charge in [0.15, 0.2) is 0 Å². The fraction of sp³-hybridized carbons (Fsp3) is 0.231. The molecule has 0 saturated carbocycles. The van der Waals surface area contributed by atoms with Crippen LogP contribution in [-0.4, -0.2) is 33.1 Å². The van der Waals surface area contributed by atoms with Crippen molar-refractivity contribution in [2.24, 2.45) is 0 Å². The molecule has 3 aromatic rings. The molecule has 10 heteroatoms. The highest BCUT2D eigenvalue weighted by atomic mass is 19.4. The second kappa shape index (κ2) is 9.44. The zero-order chi connectivity index (χ0) is 26.2. The first-order chi connectivity index (χ1) is 17.0. The van der Waals surface area contributed by atoms with Gasteiger partial charge in [0.05, 0.1) is 29.7 Å². The zero-order valence-electron chi connectivity index (χ0n) is 19.6. The third-order valence-corrected chi connectivity index (χ3v) is 5.77. The first-order valence-electron chi connectivity index (χ1n) is 11.0. The Morgan fingerprint density at radius 1 is 1.00 bits per heavy atom. The number of hydrogen-bond donors (Lipinski definition) is 1. The van der Waals surface area contributed by atoms with Gasteiger partial charge in [-0.15, -0.1) is 13.2 Å². The summed E-state index contributed by atoms with van der Waals surface area (Å²) in [6.45, 7) is 5.67. The number of rotatable bonds is 5. The van der Waals surface area contributed by atoms with Crippen molar-refractivity contribution in [2.75, 3.05) is 4.90 Å². The number of hydrogen-bond acceptors (Lipinski definition) is 6. The summed E-state index contributed by atoms with van der Waals surface area (Å²) in [5.41, 5.74) is 1.60. The van der Waals surface area contributed by atoms with E-state index in [0.717, 1.165) is 22.6 Å². The Morgan fingerprint density at radius 3 is 2.11 bits per heavy atom. The Hall–Kier alpha value is -4.21. The van der Waals surface area contributed by atoms with Crippen molar-refractivity contribution in [3.63, 3.8) is 0 Å². The number of aryl methyl sites for hydroxylation is 1. The third kappa shape index (κ3) is 4.93.